The Morgan fingerprint density at radius 2 is 2.38 bits per heavy atom. The first-order chi connectivity index (χ1) is 7.77. The average molecular weight is 233 g/mol. The molecule has 3 nitrogen and oxygen atoms in total. The number of hydrogen-bond donors (Lipinski definition) is 1. The number of pyridine rings is 1. The second-order valence-corrected chi connectivity index (χ2v) is 4.54. The maximum atomic E-state index is 4.29. The molecule has 4 heteroatoms. The molecular formula is C12H15N3S. The number of hydrogen-bond acceptors (Lipinski definition) is 4. The summed E-state index contributed by atoms with van der Waals surface area (Å²) in [4.78, 5) is 8.42. The molecule has 2 heterocycles. The van der Waals surface area contributed by atoms with E-state index in [4.69, 9.17) is 0 Å². The summed E-state index contributed by atoms with van der Waals surface area (Å²) in [6, 6.07) is 2.32. The molecule has 16 heavy (non-hydrogen) atoms. The van der Waals surface area contributed by atoms with E-state index in [0.717, 1.165) is 12.2 Å². The van der Waals surface area contributed by atoms with Crippen molar-refractivity contribution in [2.45, 2.75) is 26.4 Å². The molecule has 0 aliphatic carbocycles. The molecule has 0 bridgehead atoms. The lowest BCUT2D eigenvalue weighted by atomic mass is 10.1. The van der Waals surface area contributed by atoms with Crippen LogP contribution in [-0.4, -0.2) is 9.97 Å². The summed E-state index contributed by atoms with van der Waals surface area (Å²) in [5, 5.41) is 5.52. The lowest BCUT2D eigenvalue weighted by molar-refractivity contribution is 0.562. The van der Waals surface area contributed by atoms with Gasteiger partial charge < -0.3 is 5.32 Å². The van der Waals surface area contributed by atoms with Gasteiger partial charge in [-0.25, -0.2) is 4.98 Å². The molecule has 0 saturated carbocycles. The minimum Gasteiger partial charge on any atom is -0.305 e. The first kappa shape index (κ1) is 11.2. The van der Waals surface area contributed by atoms with Gasteiger partial charge in [0, 0.05) is 30.4 Å². The van der Waals surface area contributed by atoms with Gasteiger partial charge in [0.25, 0.3) is 0 Å². The van der Waals surface area contributed by atoms with Gasteiger partial charge in [-0.3, -0.25) is 4.98 Å². The Hall–Kier alpha value is -1.26. The lowest BCUT2D eigenvalue weighted by Crippen LogP contribution is -2.18. The molecule has 0 spiro atoms. The monoisotopic (exact) mass is 233 g/mol. The van der Waals surface area contributed by atoms with E-state index in [9.17, 15) is 0 Å². The topological polar surface area (TPSA) is 37.8 Å². The number of nitrogens with one attached hydrogen (secondary N) is 1. The third-order valence-electron chi connectivity index (χ3n) is 2.64. The van der Waals surface area contributed by atoms with Crippen molar-refractivity contribution >= 4 is 11.3 Å². The van der Waals surface area contributed by atoms with Crippen LogP contribution in [0, 0.1) is 6.92 Å². The first-order valence-corrected chi connectivity index (χ1v) is 6.22. The van der Waals surface area contributed by atoms with Crippen LogP contribution >= 0.6 is 11.3 Å². The predicted molar refractivity (Wildman–Crippen MR) is 66.3 cm³/mol. The molecule has 84 valence electrons. The van der Waals surface area contributed by atoms with Crippen LogP contribution < -0.4 is 5.32 Å². The second-order valence-electron chi connectivity index (χ2n) is 3.82. The smallest absolute Gasteiger partial charge is 0.0795 e. The minimum atomic E-state index is 0.283. The van der Waals surface area contributed by atoms with E-state index in [1.807, 2.05) is 24.0 Å². The van der Waals surface area contributed by atoms with Gasteiger partial charge in [-0.05, 0) is 31.0 Å². The highest BCUT2D eigenvalue weighted by Crippen LogP contribution is 2.13. The summed E-state index contributed by atoms with van der Waals surface area (Å²) >= 11 is 1.63. The number of aryl methyl sites for hydroxylation is 1. The van der Waals surface area contributed by atoms with Gasteiger partial charge in [0.05, 0.1) is 11.2 Å². The Kier molecular flexibility index (Phi) is 3.64. The van der Waals surface area contributed by atoms with Crippen molar-refractivity contribution in [3.63, 3.8) is 0 Å². The van der Waals surface area contributed by atoms with E-state index in [0.29, 0.717) is 0 Å². The summed E-state index contributed by atoms with van der Waals surface area (Å²) < 4.78 is 0. The van der Waals surface area contributed by atoms with Crippen LogP contribution in [0.25, 0.3) is 0 Å². The molecule has 1 N–H and O–H groups in total. The SMILES string of the molecule is Cc1ccncc1CNC(C)c1cscn1. The van der Waals surface area contributed by atoms with Crippen LogP contribution in [-0.2, 0) is 6.54 Å². The Balaban J connectivity index is 1.95. The summed E-state index contributed by atoms with van der Waals surface area (Å²) in [5.74, 6) is 0. The van der Waals surface area contributed by atoms with E-state index >= 15 is 0 Å². The molecule has 0 saturated heterocycles. The van der Waals surface area contributed by atoms with Crippen LogP contribution in [0.3, 0.4) is 0 Å². The summed E-state index contributed by atoms with van der Waals surface area (Å²) in [6.07, 6.45) is 3.73. The third-order valence-corrected chi connectivity index (χ3v) is 3.25. The normalized spacial score (nSPS) is 12.6. The minimum absolute atomic E-state index is 0.283. The van der Waals surface area contributed by atoms with E-state index in [2.05, 4.69) is 34.5 Å². The molecule has 2 aromatic heterocycles. The molecule has 0 aliphatic heterocycles. The molecule has 1 unspecified atom stereocenters. The first-order valence-electron chi connectivity index (χ1n) is 5.28. The van der Waals surface area contributed by atoms with Crippen molar-refractivity contribution in [2.24, 2.45) is 0 Å². The van der Waals surface area contributed by atoms with Gasteiger partial charge in [-0.2, -0.15) is 0 Å². The molecule has 0 aromatic carbocycles. The number of nitrogens with zero attached hydrogens (tertiary/aromatic N) is 2. The summed E-state index contributed by atoms with van der Waals surface area (Å²) in [7, 11) is 0. The van der Waals surface area contributed by atoms with Gasteiger partial charge >= 0.3 is 0 Å². The van der Waals surface area contributed by atoms with Crippen LogP contribution in [0.1, 0.15) is 29.8 Å². The number of aromatic nitrogens is 2. The van der Waals surface area contributed by atoms with Gasteiger partial charge in [0.15, 0.2) is 0 Å². The lowest BCUT2D eigenvalue weighted by Gasteiger charge is -2.12. The highest BCUT2D eigenvalue weighted by Gasteiger charge is 2.07. The van der Waals surface area contributed by atoms with Crippen LogP contribution in [0.4, 0.5) is 0 Å². The number of thiazole rings is 1. The average Bonchev–Trinajstić information content (AvgIpc) is 2.81. The van der Waals surface area contributed by atoms with Crippen LogP contribution in [0.2, 0.25) is 0 Å². The maximum absolute atomic E-state index is 4.29. The Morgan fingerprint density at radius 1 is 1.50 bits per heavy atom. The molecule has 1 atom stereocenters. The molecular weight excluding hydrogens is 218 g/mol. The molecule has 2 rings (SSSR count). The van der Waals surface area contributed by atoms with Gasteiger partial charge in [0.1, 0.15) is 0 Å². The van der Waals surface area contributed by atoms with Gasteiger partial charge in [0.2, 0.25) is 0 Å². The van der Waals surface area contributed by atoms with Crippen LogP contribution in [0.5, 0.6) is 0 Å². The van der Waals surface area contributed by atoms with Crippen molar-refractivity contribution in [3.8, 4) is 0 Å². The van der Waals surface area contributed by atoms with Gasteiger partial charge in [-0.1, -0.05) is 0 Å². The van der Waals surface area contributed by atoms with E-state index in [1.54, 1.807) is 11.3 Å². The fourth-order valence-electron chi connectivity index (χ4n) is 1.49. The summed E-state index contributed by atoms with van der Waals surface area (Å²) in [5.41, 5.74) is 5.48. The van der Waals surface area contributed by atoms with E-state index in [1.165, 1.54) is 11.1 Å². The predicted octanol–water partition coefficient (Wildman–Crippen LogP) is 2.70. The zero-order chi connectivity index (χ0) is 11.4. The molecule has 2 aromatic rings. The van der Waals surface area contributed by atoms with Gasteiger partial charge in [-0.15, -0.1) is 11.3 Å². The molecule has 0 fully saturated rings. The Bertz CT molecular complexity index is 439. The van der Waals surface area contributed by atoms with E-state index in [-0.39, 0.29) is 6.04 Å². The van der Waals surface area contributed by atoms with E-state index < -0.39 is 0 Å². The molecule has 0 radical (unpaired) electrons. The summed E-state index contributed by atoms with van der Waals surface area (Å²) in [6.45, 7) is 5.06. The van der Waals surface area contributed by atoms with Crippen molar-refractivity contribution in [3.05, 3.63) is 46.2 Å². The van der Waals surface area contributed by atoms with Crippen LogP contribution in [0.15, 0.2) is 29.4 Å². The van der Waals surface area contributed by atoms with Crippen molar-refractivity contribution in [1.29, 1.82) is 0 Å². The number of rotatable bonds is 4. The maximum Gasteiger partial charge on any atom is 0.0795 e. The zero-order valence-corrected chi connectivity index (χ0v) is 10.3. The van der Waals surface area contributed by atoms with Crippen molar-refractivity contribution < 1.29 is 0 Å². The quantitative estimate of drug-likeness (QED) is 0.882. The fourth-order valence-corrected chi connectivity index (χ4v) is 2.13. The highest BCUT2D eigenvalue weighted by molar-refractivity contribution is 7.07. The van der Waals surface area contributed by atoms with Crippen molar-refractivity contribution in [2.75, 3.05) is 0 Å². The second kappa shape index (κ2) is 5.18. The molecule has 0 amide bonds. The largest absolute Gasteiger partial charge is 0.305 e. The Labute approximate surface area is 99.6 Å². The Morgan fingerprint density at radius 3 is 3.06 bits per heavy atom. The standard InChI is InChI=1S/C12H15N3S/c1-9-3-4-13-5-11(9)6-14-10(2)12-7-16-8-15-12/h3-5,7-8,10,14H,6H2,1-2H3. The fraction of sp³-hybridized carbons (Fsp3) is 0.333. The third kappa shape index (κ3) is 2.65. The molecule has 0 aliphatic rings. The van der Waals surface area contributed by atoms with Crippen molar-refractivity contribution in [1.82, 2.24) is 15.3 Å². The highest BCUT2D eigenvalue weighted by atomic mass is 32.1. The zero-order valence-electron chi connectivity index (χ0n) is 9.47.